The maximum absolute atomic E-state index is 2.12. The van der Waals surface area contributed by atoms with Crippen LogP contribution in [0.3, 0.4) is 0 Å². The third-order valence-corrected chi connectivity index (χ3v) is 8.27. The van der Waals surface area contributed by atoms with Crippen LogP contribution in [0.1, 0.15) is 44.5 Å². The van der Waals surface area contributed by atoms with Gasteiger partial charge in [-0.05, 0) is 44.5 Å². The molecular formula is C56H52Cl4. The Morgan fingerprint density at radius 1 is 0.133 bits per heavy atom. The van der Waals surface area contributed by atoms with Crippen molar-refractivity contribution in [3.05, 3.63) is 287 Å². The van der Waals surface area contributed by atoms with Crippen LogP contribution in [0.2, 0.25) is 0 Å². The van der Waals surface area contributed by atoms with E-state index in [1.165, 1.54) is 44.5 Å². The zero-order valence-electron chi connectivity index (χ0n) is 33.3. The molecule has 0 atom stereocenters. The van der Waals surface area contributed by atoms with Crippen LogP contribution in [-0.2, 0) is 0 Å². The van der Waals surface area contributed by atoms with Crippen LogP contribution >= 0.6 is 49.6 Å². The topological polar surface area (TPSA) is 0 Å². The van der Waals surface area contributed by atoms with Gasteiger partial charge in [0, 0.05) is 0 Å². The summed E-state index contributed by atoms with van der Waals surface area (Å²) in [5, 5.41) is 0. The van der Waals surface area contributed by atoms with E-state index in [4.69, 9.17) is 0 Å². The molecule has 0 bridgehead atoms. The molecule has 0 aromatic heterocycles. The molecule has 4 heteroatoms. The number of hydrogen-bond donors (Lipinski definition) is 0. The maximum Gasteiger partial charge on any atom is -0.0256 e. The Kier molecular flexibility index (Phi) is 28.4. The second-order valence-electron chi connectivity index (χ2n) is 12.6. The highest BCUT2D eigenvalue weighted by atomic mass is 35.5. The van der Waals surface area contributed by atoms with Gasteiger partial charge in [-0.25, -0.2) is 0 Å². The molecule has 8 aromatic carbocycles. The van der Waals surface area contributed by atoms with Gasteiger partial charge in [0.1, 0.15) is 0 Å². The molecule has 0 spiro atoms. The molecule has 0 N–H and O–H groups in total. The number of rotatable bonds is 8. The van der Waals surface area contributed by atoms with Crippen molar-refractivity contribution < 1.29 is 0 Å². The van der Waals surface area contributed by atoms with E-state index in [0.717, 1.165) is 0 Å². The highest BCUT2D eigenvalue weighted by Crippen LogP contribution is 2.10. The summed E-state index contributed by atoms with van der Waals surface area (Å²) < 4.78 is 0. The first-order valence-corrected chi connectivity index (χ1v) is 18.9. The summed E-state index contributed by atoms with van der Waals surface area (Å²) in [5.74, 6) is 0. The van der Waals surface area contributed by atoms with Crippen LogP contribution in [0, 0.1) is 0 Å². The molecule has 0 aliphatic carbocycles. The van der Waals surface area contributed by atoms with E-state index in [2.05, 4.69) is 146 Å². The monoisotopic (exact) mass is 864 g/mol. The summed E-state index contributed by atoms with van der Waals surface area (Å²) in [5.41, 5.74) is 9.86. The van der Waals surface area contributed by atoms with E-state index >= 15 is 0 Å². The fourth-order valence-corrected chi connectivity index (χ4v) is 5.28. The Morgan fingerprint density at radius 3 is 0.300 bits per heavy atom. The predicted octanol–water partition coefficient (Wildman–Crippen LogP) is 17.1. The number of benzene rings is 8. The molecule has 0 saturated carbocycles. The minimum Gasteiger partial charge on any atom is -0.147 e. The normalized spacial score (nSPS) is 9.87. The van der Waals surface area contributed by atoms with Gasteiger partial charge in [-0.1, -0.05) is 291 Å². The molecule has 304 valence electrons. The predicted molar refractivity (Wildman–Crippen MR) is 276 cm³/mol. The molecule has 0 fully saturated rings. The zero-order valence-corrected chi connectivity index (χ0v) is 36.6. The van der Waals surface area contributed by atoms with E-state index in [1.54, 1.807) is 0 Å². The molecular weight excluding hydrogens is 814 g/mol. The molecule has 0 aliphatic heterocycles. The highest BCUT2D eigenvalue weighted by molar-refractivity contribution is 5.86. The van der Waals surface area contributed by atoms with E-state index in [0.29, 0.717) is 0 Å². The van der Waals surface area contributed by atoms with Crippen molar-refractivity contribution in [2.24, 2.45) is 0 Å². The van der Waals surface area contributed by atoms with Crippen LogP contribution in [0.25, 0.3) is 48.6 Å². The Balaban J connectivity index is 0.000000391. The Bertz CT molecular complexity index is 1790. The van der Waals surface area contributed by atoms with Crippen molar-refractivity contribution >= 4 is 98.2 Å². The largest absolute Gasteiger partial charge is 0.147 e. The number of hydrogen-bond acceptors (Lipinski definition) is 0. The van der Waals surface area contributed by atoms with Crippen LogP contribution in [0.4, 0.5) is 0 Å². The van der Waals surface area contributed by atoms with Gasteiger partial charge in [-0.15, -0.1) is 49.6 Å². The summed E-state index contributed by atoms with van der Waals surface area (Å²) in [4.78, 5) is 0. The molecule has 0 nitrogen and oxygen atoms in total. The van der Waals surface area contributed by atoms with E-state index in [-0.39, 0.29) is 49.6 Å². The molecule has 0 saturated heterocycles. The first kappa shape index (κ1) is 51.9. The Morgan fingerprint density at radius 2 is 0.217 bits per heavy atom. The highest BCUT2D eigenvalue weighted by Gasteiger charge is 1.88. The van der Waals surface area contributed by atoms with Gasteiger partial charge in [0.15, 0.2) is 0 Å². The number of halogens is 4. The van der Waals surface area contributed by atoms with Crippen molar-refractivity contribution in [2.75, 3.05) is 0 Å². The van der Waals surface area contributed by atoms with Gasteiger partial charge in [0.25, 0.3) is 0 Å². The van der Waals surface area contributed by atoms with Gasteiger partial charge in [0.05, 0.1) is 0 Å². The third kappa shape index (κ3) is 22.1. The molecule has 60 heavy (non-hydrogen) atoms. The van der Waals surface area contributed by atoms with E-state index in [9.17, 15) is 0 Å². The average Bonchev–Trinajstić information content (AvgIpc) is 3.30. The molecule has 8 rings (SSSR count). The summed E-state index contributed by atoms with van der Waals surface area (Å²) >= 11 is 0. The van der Waals surface area contributed by atoms with Gasteiger partial charge in [0.2, 0.25) is 0 Å². The minimum absolute atomic E-state index is 0. The van der Waals surface area contributed by atoms with Crippen molar-refractivity contribution in [1.82, 2.24) is 0 Å². The minimum atomic E-state index is 0. The standard InChI is InChI=1S/4C14H12.4ClH/c4*1-3-7-13(8-4-1)11-12-14-9-5-2-6-10-14;;;;/h4*1-12H;4*1H/b4*12-11+;;;;. The first-order chi connectivity index (χ1) is 27.8. The average molecular weight is 867 g/mol. The van der Waals surface area contributed by atoms with Gasteiger partial charge in [-0.3, -0.25) is 0 Å². The lowest BCUT2D eigenvalue weighted by molar-refractivity contribution is 1.65. The van der Waals surface area contributed by atoms with Crippen molar-refractivity contribution in [2.45, 2.75) is 0 Å². The van der Waals surface area contributed by atoms with Crippen LogP contribution in [-0.4, -0.2) is 0 Å². The van der Waals surface area contributed by atoms with Crippen LogP contribution in [0.15, 0.2) is 243 Å². The van der Waals surface area contributed by atoms with E-state index < -0.39 is 0 Å². The molecule has 8 aromatic rings. The van der Waals surface area contributed by atoms with Crippen LogP contribution in [0.5, 0.6) is 0 Å². The SMILES string of the molecule is C(=C\c1ccccc1)/c1ccccc1.C(=C\c1ccccc1)/c1ccccc1.C(=C\c1ccccc1)/c1ccccc1.C(=C\c1ccccc1)/c1ccccc1.Cl.Cl.Cl.Cl. The summed E-state index contributed by atoms with van der Waals surface area (Å²) in [6.07, 6.45) is 17.0. The third-order valence-electron chi connectivity index (χ3n) is 8.27. The smallest absolute Gasteiger partial charge is 0.0256 e. The van der Waals surface area contributed by atoms with Gasteiger partial charge >= 0.3 is 0 Å². The lowest BCUT2D eigenvalue weighted by Gasteiger charge is -1.92. The quantitative estimate of drug-likeness (QED) is 0.134. The summed E-state index contributed by atoms with van der Waals surface area (Å²) in [7, 11) is 0. The molecule has 0 aliphatic rings. The second-order valence-corrected chi connectivity index (χ2v) is 12.6. The lowest BCUT2D eigenvalue weighted by Crippen LogP contribution is -1.70. The van der Waals surface area contributed by atoms with Crippen molar-refractivity contribution in [3.8, 4) is 0 Å². The van der Waals surface area contributed by atoms with Crippen molar-refractivity contribution in [3.63, 3.8) is 0 Å². The molecule has 0 amide bonds. The summed E-state index contributed by atoms with van der Waals surface area (Å²) in [6.45, 7) is 0. The van der Waals surface area contributed by atoms with E-state index in [1.807, 2.05) is 146 Å². The molecule has 0 unspecified atom stereocenters. The lowest BCUT2D eigenvalue weighted by atomic mass is 10.1. The molecule has 0 radical (unpaired) electrons. The van der Waals surface area contributed by atoms with Crippen molar-refractivity contribution in [1.29, 1.82) is 0 Å². The fourth-order valence-electron chi connectivity index (χ4n) is 5.28. The first-order valence-electron chi connectivity index (χ1n) is 18.9. The summed E-state index contributed by atoms with van der Waals surface area (Å²) in [6, 6.07) is 82.5. The maximum atomic E-state index is 2.12. The Hall–Kier alpha value is -6.12. The molecule has 0 heterocycles. The fraction of sp³-hybridized carbons (Fsp3) is 0. The van der Waals surface area contributed by atoms with Crippen LogP contribution < -0.4 is 0 Å². The second kappa shape index (κ2) is 32.8. The van der Waals surface area contributed by atoms with Gasteiger partial charge < -0.3 is 0 Å². The van der Waals surface area contributed by atoms with Gasteiger partial charge in [-0.2, -0.15) is 0 Å². The Labute approximate surface area is 383 Å². The zero-order chi connectivity index (χ0) is 38.6.